The highest BCUT2D eigenvalue weighted by atomic mass is 16.5. The number of piperidine rings is 1. The molecule has 0 aliphatic carbocycles. The fraction of sp³-hybridized carbons (Fsp3) is 0.900. The lowest BCUT2D eigenvalue weighted by Gasteiger charge is -2.33. The number of hydrogen-bond donors (Lipinski definition) is 1. The van der Waals surface area contributed by atoms with E-state index in [9.17, 15) is 9.90 Å². The minimum Gasteiger partial charge on any atom is -0.468 e. The topological polar surface area (TPSA) is 49.8 Å². The lowest BCUT2D eigenvalue weighted by molar-refractivity contribution is -0.142. The summed E-state index contributed by atoms with van der Waals surface area (Å²) in [6.07, 6.45) is 1.82. The zero-order chi connectivity index (χ0) is 10.6. The van der Waals surface area contributed by atoms with E-state index in [-0.39, 0.29) is 12.1 Å². The number of hydrogen-bond acceptors (Lipinski definition) is 4. The molecule has 0 aromatic carbocycles. The smallest absolute Gasteiger partial charge is 0.319 e. The fourth-order valence-corrected chi connectivity index (χ4v) is 1.88. The first kappa shape index (κ1) is 11.5. The van der Waals surface area contributed by atoms with Gasteiger partial charge in [0.15, 0.2) is 0 Å². The second-order valence-corrected chi connectivity index (χ2v) is 3.95. The second kappa shape index (κ2) is 5.32. The molecule has 1 aliphatic rings. The van der Waals surface area contributed by atoms with E-state index in [0.29, 0.717) is 12.5 Å². The predicted molar refractivity (Wildman–Crippen MR) is 52.9 cm³/mol. The van der Waals surface area contributed by atoms with E-state index in [1.807, 2.05) is 11.8 Å². The van der Waals surface area contributed by atoms with Crippen LogP contribution in [0.3, 0.4) is 0 Å². The molecule has 2 atom stereocenters. The summed E-state index contributed by atoms with van der Waals surface area (Å²) in [4.78, 5) is 13.1. The number of ether oxygens (including phenoxy) is 1. The maximum absolute atomic E-state index is 11.0. The summed E-state index contributed by atoms with van der Waals surface area (Å²) in [5.41, 5.74) is 0. The molecular weight excluding hydrogens is 182 g/mol. The van der Waals surface area contributed by atoms with Gasteiger partial charge in [0.1, 0.15) is 0 Å². The van der Waals surface area contributed by atoms with Crippen LogP contribution in [0, 0.1) is 5.92 Å². The molecule has 0 radical (unpaired) electrons. The van der Waals surface area contributed by atoms with Gasteiger partial charge in [-0.3, -0.25) is 9.69 Å². The molecule has 1 N–H and O–H groups in total. The number of nitrogens with zero attached hydrogens (tertiary/aromatic N) is 1. The lowest BCUT2D eigenvalue weighted by atomic mass is 9.93. The molecule has 4 nitrogen and oxygen atoms in total. The van der Waals surface area contributed by atoms with Crippen LogP contribution in [-0.2, 0) is 9.53 Å². The van der Waals surface area contributed by atoms with Gasteiger partial charge in [-0.25, -0.2) is 0 Å². The molecule has 82 valence electrons. The summed E-state index contributed by atoms with van der Waals surface area (Å²) in [5, 5.41) is 9.44. The number of carbonyl (C=O) groups excluding carboxylic acids is 1. The van der Waals surface area contributed by atoms with Crippen LogP contribution in [0.5, 0.6) is 0 Å². The normalized spacial score (nSPS) is 25.8. The van der Waals surface area contributed by atoms with Gasteiger partial charge in [0.2, 0.25) is 0 Å². The van der Waals surface area contributed by atoms with Crippen LogP contribution in [0.2, 0.25) is 0 Å². The van der Waals surface area contributed by atoms with Crippen molar-refractivity contribution in [1.82, 2.24) is 4.90 Å². The number of methoxy groups -OCH3 is 1. The van der Waals surface area contributed by atoms with Crippen molar-refractivity contribution in [2.75, 3.05) is 26.7 Å². The first-order valence-electron chi connectivity index (χ1n) is 5.10. The van der Waals surface area contributed by atoms with Crippen molar-refractivity contribution in [3.63, 3.8) is 0 Å². The van der Waals surface area contributed by atoms with E-state index < -0.39 is 0 Å². The van der Waals surface area contributed by atoms with Crippen molar-refractivity contribution in [3.8, 4) is 0 Å². The summed E-state index contributed by atoms with van der Waals surface area (Å²) in [6.45, 7) is 3.89. The summed E-state index contributed by atoms with van der Waals surface area (Å²) >= 11 is 0. The van der Waals surface area contributed by atoms with E-state index in [0.717, 1.165) is 25.9 Å². The molecule has 0 unspecified atom stereocenters. The van der Waals surface area contributed by atoms with Crippen LogP contribution in [0.25, 0.3) is 0 Å². The lowest BCUT2D eigenvalue weighted by Crippen LogP contribution is -2.42. The molecule has 0 aromatic rings. The van der Waals surface area contributed by atoms with E-state index in [4.69, 9.17) is 0 Å². The number of aliphatic hydroxyl groups excluding tert-OH is 1. The van der Waals surface area contributed by atoms with Gasteiger partial charge in [-0.1, -0.05) is 0 Å². The predicted octanol–water partition coefficient (Wildman–Crippen LogP) is 0.252. The second-order valence-electron chi connectivity index (χ2n) is 3.95. The Labute approximate surface area is 84.8 Å². The SMILES string of the molecule is COC(=O)CN1CCC[C@@H]([C@@H](C)O)C1. The van der Waals surface area contributed by atoms with Gasteiger partial charge in [-0.05, 0) is 32.2 Å². The Morgan fingerprint density at radius 1 is 1.71 bits per heavy atom. The molecular formula is C10H19NO3. The number of carbonyl (C=O) groups is 1. The number of likely N-dealkylation sites (tertiary alicyclic amines) is 1. The molecule has 1 heterocycles. The molecule has 1 saturated heterocycles. The van der Waals surface area contributed by atoms with Crippen LogP contribution < -0.4 is 0 Å². The van der Waals surface area contributed by atoms with E-state index in [1.165, 1.54) is 7.11 Å². The Balaban J connectivity index is 2.36. The van der Waals surface area contributed by atoms with Gasteiger partial charge >= 0.3 is 5.97 Å². The zero-order valence-electron chi connectivity index (χ0n) is 8.90. The Kier molecular flexibility index (Phi) is 4.35. The quantitative estimate of drug-likeness (QED) is 0.665. The highest BCUT2D eigenvalue weighted by Gasteiger charge is 2.24. The third-order valence-corrected chi connectivity index (χ3v) is 2.80. The molecule has 14 heavy (non-hydrogen) atoms. The largest absolute Gasteiger partial charge is 0.468 e. The molecule has 1 rings (SSSR count). The van der Waals surface area contributed by atoms with Crippen LogP contribution >= 0.6 is 0 Å². The zero-order valence-corrected chi connectivity index (χ0v) is 8.90. The average molecular weight is 201 g/mol. The molecule has 1 aliphatic heterocycles. The van der Waals surface area contributed by atoms with Crippen molar-refractivity contribution >= 4 is 5.97 Å². The van der Waals surface area contributed by atoms with Crippen LogP contribution in [0.4, 0.5) is 0 Å². The van der Waals surface area contributed by atoms with Gasteiger partial charge in [0, 0.05) is 6.54 Å². The molecule has 0 bridgehead atoms. The van der Waals surface area contributed by atoms with Gasteiger partial charge in [-0.2, -0.15) is 0 Å². The van der Waals surface area contributed by atoms with Crippen LogP contribution in [0.15, 0.2) is 0 Å². The monoisotopic (exact) mass is 201 g/mol. The van der Waals surface area contributed by atoms with Gasteiger partial charge < -0.3 is 9.84 Å². The Bertz CT molecular complexity index is 194. The fourth-order valence-electron chi connectivity index (χ4n) is 1.88. The molecule has 4 heteroatoms. The highest BCUT2D eigenvalue weighted by Crippen LogP contribution is 2.19. The van der Waals surface area contributed by atoms with Gasteiger partial charge in [-0.15, -0.1) is 0 Å². The first-order chi connectivity index (χ1) is 6.63. The molecule has 0 spiro atoms. The number of esters is 1. The highest BCUT2D eigenvalue weighted by molar-refractivity contribution is 5.71. The van der Waals surface area contributed by atoms with Crippen molar-refractivity contribution in [2.45, 2.75) is 25.9 Å². The van der Waals surface area contributed by atoms with Gasteiger partial charge in [0.25, 0.3) is 0 Å². The standard InChI is InChI=1S/C10H19NO3/c1-8(12)9-4-3-5-11(6-9)7-10(13)14-2/h8-9,12H,3-7H2,1-2H3/t8-,9-/m1/s1. The summed E-state index contributed by atoms with van der Waals surface area (Å²) in [6, 6.07) is 0. The minimum absolute atomic E-state index is 0.198. The minimum atomic E-state index is -0.282. The van der Waals surface area contributed by atoms with E-state index in [2.05, 4.69) is 4.74 Å². The van der Waals surface area contributed by atoms with Crippen molar-refractivity contribution in [1.29, 1.82) is 0 Å². The maximum atomic E-state index is 11.0. The van der Waals surface area contributed by atoms with E-state index in [1.54, 1.807) is 0 Å². The Morgan fingerprint density at radius 2 is 2.43 bits per heavy atom. The number of rotatable bonds is 3. The van der Waals surface area contributed by atoms with Crippen molar-refractivity contribution in [3.05, 3.63) is 0 Å². The summed E-state index contributed by atoms with van der Waals surface area (Å²) in [7, 11) is 1.40. The maximum Gasteiger partial charge on any atom is 0.319 e. The average Bonchev–Trinajstić information content (AvgIpc) is 2.18. The molecule has 0 aromatic heterocycles. The summed E-state index contributed by atoms with van der Waals surface area (Å²) < 4.78 is 4.61. The Morgan fingerprint density at radius 3 is 3.00 bits per heavy atom. The van der Waals surface area contributed by atoms with Crippen molar-refractivity contribution < 1.29 is 14.6 Å². The third kappa shape index (κ3) is 3.27. The van der Waals surface area contributed by atoms with E-state index >= 15 is 0 Å². The first-order valence-corrected chi connectivity index (χ1v) is 5.10. The van der Waals surface area contributed by atoms with Gasteiger partial charge in [0.05, 0.1) is 19.8 Å². The third-order valence-electron chi connectivity index (χ3n) is 2.80. The molecule has 0 amide bonds. The Hall–Kier alpha value is -0.610. The van der Waals surface area contributed by atoms with Crippen molar-refractivity contribution in [2.24, 2.45) is 5.92 Å². The van der Waals surface area contributed by atoms with Crippen LogP contribution in [0.1, 0.15) is 19.8 Å². The number of aliphatic hydroxyl groups is 1. The molecule has 0 saturated carbocycles. The molecule has 1 fully saturated rings. The van der Waals surface area contributed by atoms with Crippen LogP contribution in [-0.4, -0.2) is 48.8 Å². The summed E-state index contributed by atoms with van der Waals surface area (Å²) in [5.74, 6) is 0.102.